The minimum atomic E-state index is 0.212. The normalized spacial score (nSPS) is 20.9. The second-order valence-corrected chi connectivity index (χ2v) is 7.32. The Kier molecular flexibility index (Phi) is 5.90. The van der Waals surface area contributed by atoms with Gasteiger partial charge >= 0.3 is 0 Å². The molecule has 2 nitrogen and oxygen atoms in total. The molecule has 0 amide bonds. The summed E-state index contributed by atoms with van der Waals surface area (Å²) in [5, 5.41) is 9.33. The molecule has 1 aliphatic carbocycles. The number of hydrogen-bond acceptors (Lipinski definition) is 2. The molecule has 0 saturated heterocycles. The van der Waals surface area contributed by atoms with Gasteiger partial charge in [-0.15, -0.1) is 0 Å². The summed E-state index contributed by atoms with van der Waals surface area (Å²) in [6, 6.07) is 12.3. The number of benzene rings is 1. The lowest BCUT2D eigenvalue weighted by molar-refractivity contribution is 0.243. The van der Waals surface area contributed by atoms with E-state index in [0.717, 1.165) is 23.1 Å². The molecule has 1 aliphatic rings. The van der Waals surface area contributed by atoms with Crippen LogP contribution in [0.4, 0.5) is 0 Å². The molecule has 1 aromatic carbocycles. The van der Waals surface area contributed by atoms with E-state index in [9.17, 15) is 5.11 Å². The van der Waals surface area contributed by atoms with Gasteiger partial charge in [-0.25, -0.2) is 0 Å². The number of aromatic hydroxyl groups is 1. The summed E-state index contributed by atoms with van der Waals surface area (Å²) < 4.78 is 0. The standard InChI is InChI=1S/C22H29NO/c1-2-4-18-5-3-6-19(15-18)8-7-17-9-11-20(12-10-17)22-14-13-21(24)16-23-22/h9-14,16,18-19,24H,2-8,15H2,1H3. The number of hydrogen-bond donors (Lipinski definition) is 1. The fraction of sp³-hybridized carbons (Fsp3) is 0.500. The monoisotopic (exact) mass is 323 g/mol. The zero-order valence-corrected chi connectivity index (χ0v) is 14.7. The summed E-state index contributed by atoms with van der Waals surface area (Å²) in [5.41, 5.74) is 3.45. The van der Waals surface area contributed by atoms with E-state index in [1.807, 2.05) is 6.07 Å². The van der Waals surface area contributed by atoms with Crippen LogP contribution in [0.1, 0.15) is 57.4 Å². The molecular formula is C22H29NO. The molecule has 1 fully saturated rings. The van der Waals surface area contributed by atoms with Gasteiger partial charge in [0.15, 0.2) is 0 Å². The number of nitrogens with zero attached hydrogens (tertiary/aromatic N) is 1. The third-order valence-corrected chi connectivity index (χ3v) is 5.43. The predicted molar refractivity (Wildman–Crippen MR) is 100 cm³/mol. The molecule has 3 rings (SSSR count). The number of aryl methyl sites for hydroxylation is 1. The third kappa shape index (κ3) is 4.59. The van der Waals surface area contributed by atoms with Crippen molar-refractivity contribution in [2.45, 2.75) is 58.3 Å². The smallest absolute Gasteiger partial charge is 0.133 e. The Morgan fingerprint density at radius 1 is 1.00 bits per heavy atom. The van der Waals surface area contributed by atoms with Crippen molar-refractivity contribution in [1.29, 1.82) is 0 Å². The van der Waals surface area contributed by atoms with E-state index in [1.165, 1.54) is 63.1 Å². The Hall–Kier alpha value is -1.83. The van der Waals surface area contributed by atoms with Gasteiger partial charge in [0.1, 0.15) is 5.75 Å². The Balaban J connectivity index is 1.53. The van der Waals surface area contributed by atoms with Gasteiger partial charge in [0.25, 0.3) is 0 Å². The van der Waals surface area contributed by atoms with Crippen molar-refractivity contribution in [3.05, 3.63) is 48.2 Å². The lowest BCUT2D eigenvalue weighted by Crippen LogP contribution is -2.16. The highest BCUT2D eigenvalue weighted by atomic mass is 16.3. The Morgan fingerprint density at radius 3 is 2.42 bits per heavy atom. The van der Waals surface area contributed by atoms with Crippen molar-refractivity contribution in [1.82, 2.24) is 4.98 Å². The number of rotatable bonds is 6. The van der Waals surface area contributed by atoms with Gasteiger partial charge in [-0.2, -0.15) is 0 Å². The molecule has 1 saturated carbocycles. The van der Waals surface area contributed by atoms with E-state index in [2.05, 4.69) is 36.2 Å². The molecule has 1 N–H and O–H groups in total. The maximum atomic E-state index is 9.33. The zero-order valence-electron chi connectivity index (χ0n) is 14.7. The van der Waals surface area contributed by atoms with Crippen molar-refractivity contribution in [3.8, 4) is 17.0 Å². The molecule has 2 aromatic rings. The highest BCUT2D eigenvalue weighted by molar-refractivity contribution is 5.59. The van der Waals surface area contributed by atoms with Gasteiger partial charge in [0.2, 0.25) is 0 Å². The van der Waals surface area contributed by atoms with Gasteiger partial charge in [-0.3, -0.25) is 4.98 Å². The molecule has 24 heavy (non-hydrogen) atoms. The second kappa shape index (κ2) is 8.32. The van der Waals surface area contributed by atoms with Gasteiger partial charge in [0.05, 0.1) is 11.9 Å². The average Bonchev–Trinajstić information content (AvgIpc) is 2.62. The fourth-order valence-corrected chi connectivity index (χ4v) is 4.10. The van der Waals surface area contributed by atoms with Crippen LogP contribution < -0.4 is 0 Å². The van der Waals surface area contributed by atoms with Gasteiger partial charge in [-0.1, -0.05) is 63.3 Å². The fourth-order valence-electron chi connectivity index (χ4n) is 4.10. The van der Waals surface area contributed by atoms with Crippen molar-refractivity contribution in [2.24, 2.45) is 11.8 Å². The third-order valence-electron chi connectivity index (χ3n) is 5.43. The summed E-state index contributed by atoms with van der Waals surface area (Å²) >= 11 is 0. The molecule has 2 heteroatoms. The Labute approximate surface area is 146 Å². The van der Waals surface area contributed by atoms with Gasteiger partial charge in [0, 0.05) is 5.56 Å². The second-order valence-electron chi connectivity index (χ2n) is 7.32. The first-order valence-electron chi connectivity index (χ1n) is 9.49. The molecule has 0 aliphatic heterocycles. The van der Waals surface area contributed by atoms with E-state index in [-0.39, 0.29) is 5.75 Å². The highest BCUT2D eigenvalue weighted by Gasteiger charge is 2.20. The molecule has 0 radical (unpaired) electrons. The van der Waals surface area contributed by atoms with E-state index in [1.54, 1.807) is 6.07 Å². The van der Waals surface area contributed by atoms with Crippen molar-refractivity contribution in [3.63, 3.8) is 0 Å². The highest BCUT2D eigenvalue weighted by Crippen LogP contribution is 2.34. The minimum Gasteiger partial charge on any atom is -0.506 e. The van der Waals surface area contributed by atoms with E-state index >= 15 is 0 Å². The van der Waals surface area contributed by atoms with Crippen LogP contribution in [0.3, 0.4) is 0 Å². The van der Waals surface area contributed by atoms with E-state index < -0.39 is 0 Å². The SMILES string of the molecule is CCCC1CCCC(CCc2ccc(-c3ccc(O)cn3)cc2)C1. The summed E-state index contributed by atoms with van der Waals surface area (Å²) in [7, 11) is 0. The van der Waals surface area contributed by atoms with Crippen LogP contribution in [0, 0.1) is 11.8 Å². The van der Waals surface area contributed by atoms with Crippen LogP contribution in [0.25, 0.3) is 11.3 Å². The summed E-state index contributed by atoms with van der Waals surface area (Å²) in [6.45, 7) is 2.31. The molecule has 0 spiro atoms. The maximum absolute atomic E-state index is 9.33. The van der Waals surface area contributed by atoms with Crippen LogP contribution >= 0.6 is 0 Å². The quantitative estimate of drug-likeness (QED) is 0.708. The van der Waals surface area contributed by atoms with Crippen molar-refractivity contribution < 1.29 is 5.11 Å². The van der Waals surface area contributed by atoms with Crippen LogP contribution in [0.5, 0.6) is 5.75 Å². The topological polar surface area (TPSA) is 33.1 Å². The van der Waals surface area contributed by atoms with Gasteiger partial charge < -0.3 is 5.11 Å². The van der Waals surface area contributed by atoms with Crippen LogP contribution in [-0.4, -0.2) is 10.1 Å². The molecule has 1 aromatic heterocycles. The molecule has 1 heterocycles. The first-order chi connectivity index (χ1) is 11.7. The van der Waals surface area contributed by atoms with E-state index in [0.29, 0.717) is 0 Å². The Bertz CT molecular complexity index is 615. The van der Waals surface area contributed by atoms with Crippen LogP contribution in [0.15, 0.2) is 42.6 Å². The summed E-state index contributed by atoms with van der Waals surface area (Å²) in [6.07, 6.45) is 12.5. The molecular weight excluding hydrogens is 294 g/mol. The lowest BCUT2D eigenvalue weighted by Gasteiger charge is -2.29. The summed E-state index contributed by atoms with van der Waals surface area (Å²) in [4.78, 5) is 4.27. The number of pyridine rings is 1. The van der Waals surface area contributed by atoms with Crippen LogP contribution in [-0.2, 0) is 6.42 Å². The number of aromatic nitrogens is 1. The minimum absolute atomic E-state index is 0.212. The maximum Gasteiger partial charge on any atom is 0.133 e. The molecule has 0 bridgehead atoms. The van der Waals surface area contributed by atoms with Crippen LogP contribution in [0.2, 0.25) is 0 Å². The van der Waals surface area contributed by atoms with Gasteiger partial charge in [-0.05, 0) is 48.8 Å². The zero-order chi connectivity index (χ0) is 16.8. The molecule has 2 unspecified atom stereocenters. The van der Waals surface area contributed by atoms with E-state index in [4.69, 9.17) is 0 Å². The first-order valence-corrected chi connectivity index (χ1v) is 9.49. The predicted octanol–water partition coefficient (Wildman–Crippen LogP) is 5.99. The first kappa shape index (κ1) is 17.0. The Morgan fingerprint density at radius 2 is 1.75 bits per heavy atom. The largest absolute Gasteiger partial charge is 0.506 e. The summed E-state index contributed by atoms with van der Waals surface area (Å²) in [5.74, 6) is 2.12. The molecule has 128 valence electrons. The lowest BCUT2D eigenvalue weighted by atomic mass is 9.77. The van der Waals surface area contributed by atoms with Crippen molar-refractivity contribution >= 4 is 0 Å². The molecule has 2 atom stereocenters. The van der Waals surface area contributed by atoms with Crippen molar-refractivity contribution in [2.75, 3.05) is 0 Å². The average molecular weight is 323 g/mol.